The van der Waals surface area contributed by atoms with E-state index in [4.69, 9.17) is 0 Å². The van der Waals surface area contributed by atoms with Gasteiger partial charge >= 0.3 is 0 Å². The van der Waals surface area contributed by atoms with Crippen LogP contribution in [0.15, 0.2) is 12.3 Å². The third-order valence-electron chi connectivity index (χ3n) is 4.81. The lowest BCUT2D eigenvalue weighted by molar-refractivity contribution is 0.692. The van der Waals surface area contributed by atoms with E-state index in [1.165, 1.54) is 49.7 Å². The zero-order valence-corrected chi connectivity index (χ0v) is 15.4. The van der Waals surface area contributed by atoms with Crippen LogP contribution >= 0.6 is 0 Å². The van der Waals surface area contributed by atoms with Crippen molar-refractivity contribution in [1.29, 1.82) is 0 Å². The molecule has 0 spiro atoms. The van der Waals surface area contributed by atoms with Crippen LogP contribution in [0.2, 0.25) is 43.3 Å². The third-order valence-corrected chi connectivity index (χ3v) is 13.4. The topological polar surface area (TPSA) is 12.0 Å². The van der Waals surface area contributed by atoms with E-state index in [9.17, 15) is 0 Å². The van der Waals surface area contributed by atoms with Gasteiger partial charge in [0.05, 0.1) is 16.1 Å². The average molecular weight is 286 g/mol. The molecule has 0 radical (unpaired) electrons. The molecular weight excluding hydrogens is 250 g/mol. The fourth-order valence-corrected chi connectivity index (χ4v) is 7.02. The molecule has 1 N–H and O–H groups in total. The second-order valence-electron chi connectivity index (χ2n) is 6.36. The van der Waals surface area contributed by atoms with Crippen LogP contribution in [0.3, 0.4) is 0 Å². The van der Waals surface area contributed by atoms with E-state index in [1.807, 2.05) is 0 Å². The average Bonchev–Trinajstić information content (AvgIpc) is 2.39. The molecule has 0 aliphatic carbocycles. The van der Waals surface area contributed by atoms with Gasteiger partial charge in [-0.25, -0.2) is 0 Å². The van der Waals surface area contributed by atoms with E-state index in [0.29, 0.717) is 0 Å². The molecule has 0 saturated carbocycles. The molecule has 108 valence electrons. The molecule has 0 aromatic heterocycles. The summed E-state index contributed by atoms with van der Waals surface area (Å²) >= 11 is 0. The van der Waals surface area contributed by atoms with Gasteiger partial charge in [0.2, 0.25) is 0 Å². The number of rotatable bonds is 11. The number of hydrogen-bond acceptors (Lipinski definition) is 1. The van der Waals surface area contributed by atoms with Crippen molar-refractivity contribution in [1.82, 2.24) is 5.32 Å². The van der Waals surface area contributed by atoms with Crippen LogP contribution in [-0.2, 0) is 0 Å². The highest BCUT2D eigenvalue weighted by molar-refractivity contribution is 6.82. The molecule has 0 aromatic rings. The quantitative estimate of drug-likeness (QED) is 0.420. The van der Waals surface area contributed by atoms with Gasteiger partial charge in [0.25, 0.3) is 0 Å². The summed E-state index contributed by atoms with van der Waals surface area (Å²) in [5, 5.41) is 3.63. The second kappa shape index (κ2) is 9.10. The molecule has 1 nitrogen and oxygen atoms in total. The molecule has 0 heterocycles. The number of nitrogens with one attached hydrogen (secondary N) is 1. The lowest BCUT2D eigenvalue weighted by Crippen LogP contribution is -2.33. The minimum atomic E-state index is -1.08. The Morgan fingerprint density at radius 2 is 1.50 bits per heavy atom. The Morgan fingerprint density at radius 3 is 1.94 bits per heavy atom. The summed E-state index contributed by atoms with van der Waals surface area (Å²) in [5.41, 5.74) is 2.21. The largest absolute Gasteiger partial charge is 0.317 e. The normalized spacial score (nSPS) is 12.7. The van der Waals surface area contributed by atoms with Gasteiger partial charge in [-0.2, -0.15) is 0 Å². The maximum atomic E-state index is 3.95. The molecule has 0 amide bonds. The van der Waals surface area contributed by atoms with Crippen molar-refractivity contribution in [3.63, 3.8) is 0 Å². The van der Waals surface area contributed by atoms with Crippen LogP contribution in [0.5, 0.6) is 0 Å². The Kier molecular flexibility index (Phi) is 9.17. The third kappa shape index (κ3) is 6.90. The predicted molar refractivity (Wildman–Crippen MR) is 92.0 cm³/mol. The summed E-state index contributed by atoms with van der Waals surface area (Å²) in [6.07, 6.45) is 1.39. The monoisotopic (exact) mass is 285 g/mol. The summed E-state index contributed by atoms with van der Waals surface area (Å²) < 4.78 is 0. The molecular formula is C15H35NSi2. The minimum Gasteiger partial charge on any atom is -0.317 e. The summed E-state index contributed by atoms with van der Waals surface area (Å²) in [6, 6.07) is 7.25. The summed E-state index contributed by atoms with van der Waals surface area (Å²) in [6.45, 7) is 18.4. The van der Waals surface area contributed by atoms with Crippen molar-refractivity contribution in [2.45, 2.75) is 70.5 Å². The molecule has 0 rings (SSSR count). The van der Waals surface area contributed by atoms with Crippen LogP contribution in [0.4, 0.5) is 0 Å². The molecule has 18 heavy (non-hydrogen) atoms. The van der Waals surface area contributed by atoms with Gasteiger partial charge in [0, 0.05) is 0 Å². The number of hydrogen-bond donors (Lipinski definition) is 1. The van der Waals surface area contributed by atoms with E-state index in [1.54, 1.807) is 0 Å². The van der Waals surface area contributed by atoms with Gasteiger partial charge in [-0.3, -0.25) is 0 Å². The predicted octanol–water partition coefficient (Wildman–Crippen LogP) is 4.91. The Morgan fingerprint density at radius 1 is 0.944 bits per heavy atom. The van der Waals surface area contributed by atoms with Crippen molar-refractivity contribution < 1.29 is 0 Å². The first-order chi connectivity index (χ1) is 8.45. The minimum absolute atomic E-state index is 0.869. The van der Waals surface area contributed by atoms with Crippen molar-refractivity contribution in [3.05, 3.63) is 12.3 Å². The van der Waals surface area contributed by atoms with Crippen LogP contribution in [0.25, 0.3) is 0 Å². The lowest BCUT2D eigenvalue weighted by atomic mass is 10.5. The summed E-state index contributed by atoms with van der Waals surface area (Å²) in [5.74, 6) is 0. The summed E-state index contributed by atoms with van der Waals surface area (Å²) in [7, 11) is -1.95. The van der Waals surface area contributed by atoms with Crippen molar-refractivity contribution in [3.8, 4) is 0 Å². The van der Waals surface area contributed by atoms with Crippen LogP contribution in [0, 0.1) is 0 Å². The fourth-order valence-electron chi connectivity index (χ4n) is 2.51. The first-order valence-corrected chi connectivity index (χ1v) is 13.9. The highest BCUT2D eigenvalue weighted by Crippen LogP contribution is 2.26. The first-order valence-electron chi connectivity index (χ1n) is 7.79. The van der Waals surface area contributed by atoms with Gasteiger partial charge in [-0.1, -0.05) is 58.0 Å². The SMILES string of the molecule is C=C[Si](C)(C)CCNCCC[Si](CC)(CC)CC. The standard InChI is InChI=1S/C15H35NSi2/c1-7-17(5,6)15-13-16-12-11-14-18(8-2,9-3)10-4/h7,16H,1,8-15H2,2-6H3. The van der Waals surface area contributed by atoms with Gasteiger partial charge in [0.15, 0.2) is 0 Å². The Balaban J connectivity index is 3.71. The van der Waals surface area contributed by atoms with Gasteiger partial charge in [0.1, 0.15) is 0 Å². The smallest absolute Gasteiger partial charge is 0.0722 e. The Hall–Kier alpha value is 0.134. The highest BCUT2D eigenvalue weighted by atomic mass is 28.3. The van der Waals surface area contributed by atoms with Crippen molar-refractivity contribution >= 4 is 16.1 Å². The molecule has 0 bridgehead atoms. The molecule has 0 atom stereocenters. The molecule has 0 aromatic carbocycles. The van der Waals surface area contributed by atoms with Gasteiger partial charge < -0.3 is 5.32 Å². The van der Waals surface area contributed by atoms with Crippen LogP contribution in [0.1, 0.15) is 27.2 Å². The summed E-state index contributed by atoms with van der Waals surface area (Å²) in [4.78, 5) is 0. The molecule has 0 saturated heterocycles. The molecule has 0 aliphatic heterocycles. The molecule has 0 unspecified atom stereocenters. The maximum Gasteiger partial charge on any atom is 0.0722 e. The lowest BCUT2D eigenvalue weighted by Gasteiger charge is -2.28. The molecule has 3 heteroatoms. The van der Waals surface area contributed by atoms with E-state index >= 15 is 0 Å². The molecule has 0 fully saturated rings. The fraction of sp³-hybridized carbons (Fsp3) is 0.867. The van der Waals surface area contributed by atoms with Crippen LogP contribution in [-0.4, -0.2) is 29.2 Å². The first kappa shape index (κ1) is 18.1. The van der Waals surface area contributed by atoms with E-state index in [-0.39, 0.29) is 0 Å². The van der Waals surface area contributed by atoms with Gasteiger partial charge in [-0.05, 0) is 25.6 Å². The Bertz CT molecular complexity index is 214. The van der Waals surface area contributed by atoms with E-state index in [0.717, 1.165) is 0 Å². The zero-order valence-electron chi connectivity index (χ0n) is 13.4. The van der Waals surface area contributed by atoms with E-state index < -0.39 is 16.1 Å². The van der Waals surface area contributed by atoms with Crippen molar-refractivity contribution in [2.24, 2.45) is 0 Å². The van der Waals surface area contributed by atoms with Crippen molar-refractivity contribution in [2.75, 3.05) is 13.1 Å². The zero-order chi connectivity index (χ0) is 14.1. The van der Waals surface area contributed by atoms with Crippen LogP contribution < -0.4 is 5.32 Å². The second-order valence-corrected chi connectivity index (χ2v) is 16.9. The maximum absolute atomic E-state index is 3.95. The highest BCUT2D eigenvalue weighted by Gasteiger charge is 2.25. The molecule has 0 aliphatic rings. The van der Waals surface area contributed by atoms with Gasteiger partial charge in [-0.15, -0.1) is 12.3 Å². The van der Waals surface area contributed by atoms with E-state index in [2.05, 4.69) is 51.5 Å². The Labute approximate surface area is 117 Å².